The molecule has 2 N–H and O–H groups in total. The van der Waals surface area contributed by atoms with Crippen LogP contribution in [0.15, 0.2) is 35.7 Å². The van der Waals surface area contributed by atoms with E-state index in [-0.39, 0.29) is 24.3 Å². The van der Waals surface area contributed by atoms with E-state index < -0.39 is 6.10 Å². The lowest BCUT2D eigenvalue weighted by Crippen LogP contribution is -2.39. The first-order chi connectivity index (χ1) is 12.6. The Morgan fingerprint density at radius 2 is 2.12 bits per heavy atom. The van der Waals surface area contributed by atoms with Crippen LogP contribution in [-0.2, 0) is 4.79 Å². The number of rotatable bonds is 3. The number of aliphatic hydroxyl groups is 1. The van der Waals surface area contributed by atoms with Crippen LogP contribution in [0, 0.1) is 5.92 Å². The molecule has 136 valence electrons. The summed E-state index contributed by atoms with van der Waals surface area (Å²) in [5.41, 5.74) is 1.15. The standard InChI is InChI=1S/C19H20N2O4S/c22-17-11-25-15-10-13(3-4-14(15)20-17)19(24)21-7-5-12(6-8-21)18(23)16-2-1-9-26-16/h1-4,9-10,12,18,23H,5-8,11H2,(H,20,22). The first kappa shape index (κ1) is 17.1. The SMILES string of the molecule is O=C1COc2cc(C(=O)N3CCC(C(O)c4cccs4)CC3)ccc2N1. The van der Waals surface area contributed by atoms with E-state index in [1.807, 2.05) is 22.4 Å². The molecule has 1 unspecified atom stereocenters. The van der Waals surface area contributed by atoms with Gasteiger partial charge < -0.3 is 20.1 Å². The topological polar surface area (TPSA) is 78.9 Å². The van der Waals surface area contributed by atoms with Crippen LogP contribution in [0.1, 0.15) is 34.2 Å². The van der Waals surface area contributed by atoms with E-state index in [1.54, 1.807) is 29.5 Å². The molecule has 1 atom stereocenters. The maximum absolute atomic E-state index is 12.8. The molecule has 0 bridgehead atoms. The average Bonchev–Trinajstić information content (AvgIpc) is 3.21. The number of nitrogens with zero attached hydrogens (tertiary/aromatic N) is 1. The molecule has 0 spiro atoms. The third-order valence-electron chi connectivity index (χ3n) is 4.97. The predicted octanol–water partition coefficient (Wildman–Crippen LogP) is 2.66. The third kappa shape index (κ3) is 3.32. The zero-order valence-corrected chi connectivity index (χ0v) is 15.0. The van der Waals surface area contributed by atoms with Gasteiger partial charge in [-0.05, 0) is 48.4 Å². The summed E-state index contributed by atoms with van der Waals surface area (Å²) in [6.45, 7) is 1.22. The molecule has 0 aliphatic carbocycles. The molecule has 2 aliphatic heterocycles. The molecule has 2 amide bonds. The number of amides is 2. The summed E-state index contributed by atoms with van der Waals surface area (Å²) in [4.78, 5) is 26.9. The fourth-order valence-electron chi connectivity index (χ4n) is 3.50. The van der Waals surface area contributed by atoms with E-state index in [0.29, 0.717) is 30.1 Å². The van der Waals surface area contributed by atoms with Crippen LogP contribution in [0.4, 0.5) is 5.69 Å². The Kier molecular flexibility index (Phi) is 4.65. The molecule has 1 aromatic carbocycles. The number of ether oxygens (including phenoxy) is 1. The van der Waals surface area contributed by atoms with Crippen LogP contribution in [0.2, 0.25) is 0 Å². The van der Waals surface area contributed by atoms with Crippen LogP contribution in [0.3, 0.4) is 0 Å². The van der Waals surface area contributed by atoms with Gasteiger partial charge in [0.1, 0.15) is 5.75 Å². The van der Waals surface area contributed by atoms with Crippen molar-refractivity contribution in [2.45, 2.75) is 18.9 Å². The Morgan fingerprint density at radius 1 is 1.31 bits per heavy atom. The number of aliphatic hydroxyl groups excluding tert-OH is 1. The molecule has 2 aromatic rings. The summed E-state index contributed by atoms with van der Waals surface area (Å²) in [6.07, 6.45) is 1.11. The number of nitrogens with one attached hydrogen (secondary N) is 1. The van der Waals surface area contributed by atoms with Crippen molar-refractivity contribution in [1.82, 2.24) is 4.90 Å². The first-order valence-electron chi connectivity index (χ1n) is 8.69. The van der Waals surface area contributed by atoms with Gasteiger partial charge in [0, 0.05) is 23.5 Å². The van der Waals surface area contributed by atoms with Crippen molar-refractivity contribution >= 4 is 28.8 Å². The Hall–Kier alpha value is -2.38. The molecule has 0 radical (unpaired) electrons. The van der Waals surface area contributed by atoms with Gasteiger partial charge >= 0.3 is 0 Å². The van der Waals surface area contributed by atoms with Crippen molar-refractivity contribution in [2.75, 3.05) is 25.0 Å². The number of fused-ring (bicyclic) bond motifs is 1. The number of thiophene rings is 1. The summed E-state index contributed by atoms with van der Waals surface area (Å²) in [5.74, 6) is 0.471. The molecule has 1 aromatic heterocycles. The van der Waals surface area contributed by atoms with Crippen LogP contribution >= 0.6 is 11.3 Å². The molecule has 1 saturated heterocycles. The second kappa shape index (κ2) is 7.09. The number of piperidine rings is 1. The lowest BCUT2D eigenvalue weighted by atomic mass is 9.90. The van der Waals surface area contributed by atoms with Gasteiger partial charge in [-0.1, -0.05) is 6.07 Å². The quantitative estimate of drug-likeness (QED) is 0.868. The molecule has 0 saturated carbocycles. The average molecular weight is 372 g/mol. The Bertz CT molecular complexity index is 813. The fraction of sp³-hybridized carbons (Fsp3) is 0.368. The molecular formula is C19H20N2O4S. The Balaban J connectivity index is 1.40. The van der Waals surface area contributed by atoms with Crippen molar-refractivity contribution in [2.24, 2.45) is 5.92 Å². The number of carbonyl (C=O) groups is 2. The molecule has 26 heavy (non-hydrogen) atoms. The van der Waals surface area contributed by atoms with E-state index in [2.05, 4.69) is 5.32 Å². The number of hydrogen-bond acceptors (Lipinski definition) is 5. The van der Waals surface area contributed by atoms with Crippen molar-refractivity contribution in [3.8, 4) is 5.75 Å². The Morgan fingerprint density at radius 3 is 2.85 bits per heavy atom. The summed E-state index contributed by atoms with van der Waals surface area (Å²) < 4.78 is 5.39. The van der Waals surface area contributed by atoms with Gasteiger partial charge in [0.25, 0.3) is 11.8 Å². The van der Waals surface area contributed by atoms with E-state index in [0.717, 1.165) is 17.7 Å². The number of carbonyl (C=O) groups excluding carboxylic acids is 2. The van der Waals surface area contributed by atoms with Crippen molar-refractivity contribution in [3.63, 3.8) is 0 Å². The maximum atomic E-state index is 12.8. The van der Waals surface area contributed by atoms with Gasteiger partial charge in [-0.25, -0.2) is 0 Å². The highest BCUT2D eigenvalue weighted by Crippen LogP contribution is 2.34. The fourth-order valence-corrected chi connectivity index (χ4v) is 4.30. The van der Waals surface area contributed by atoms with Gasteiger partial charge in [0.15, 0.2) is 6.61 Å². The van der Waals surface area contributed by atoms with Crippen molar-refractivity contribution in [1.29, 1.82) is 0 Å². The van der Waals surface area contributed by atoms with Crippen LogP contribution in [0.25, 0.3) is 0 Å². The van der Waals surface area contributed by atoms with Crippen LogP contribution in [-0.4, -0.2) is 41.5 Å². The number of benzene rings is 1. The second-order valence-corrected chi connectivity index (χ2v) is 7.62. The van der Waals surface area contributed by atoms with E-state index in [4.69, 9.17) is 4.74 Å². The zero-order chi connectivity index (χ0) is 18.1. The Labute approximate surface area is 155 Å². The molecule has 4 rings (SSSR count). The molecule has 7 heteroatoms. The number of hydrogen-bond donors (Lipinski definition) is 2. The smallest absolute Gasteiger partial charge is 0.262 e. The van der Waals surface area contributed by atoms with Crippen molar-refractivity contribution in [3.05, 3.63) is 46.2 Å². The normalized spacial score (nSPS) is 18.7. The monoisotopic (exact) mass is 372 g/mol. The molecular weight excluding hydrogens is 352 g/mol. The molecule has 1 fully saturated rings. The lowest BCUT2D eigenvalue weighted by molar-refractivity contribution is -0.118. The molecule has 3 heterocycles. The second-order valence-electron chi connectivity index (χ2n) is 6.64. The predicted molar refractivity (Wildman–Crippen MR) is 98.5 cm³/mol. The minimum atomic E-state index is -0.451. The third-order valence-corrected chi connectivity index (χ3v) is 5.91. The minimum Gasteiger partial charge on any atom is -0.482 e. The van der Waals surface area contributed by atoms with Crippen molar-refractivity contribution < 1.29 is 19.4 Å². The van der Waals surface area contributed by atoms with Gasteiger partial charge in [0.2, 0.25) is 0 Å². The van der Waals surface area contributed by atoms with Crippen LogP contribution < -0.4 is 10.1 Å². The summed E-state index contributed by atoms with van der Waals surface area (Å²) >= 11 is 1.57. The van der Waals surface area contributed by atoms with E-state index in [1.165, 1.54) is 0 Å². The largest absolute Gasteiger partial charge is 0.482 e. The zero-order valence-electron chi connectivity index (χ0n) is 14.2. The van der Waals surface area contributed by atoms with E-state index >= 15 is 0 Å². The number of anilines is 1. The lowest BCUT2D eigenvalue weighted by Gasteiger charge is -2.34. The highest BCUT2D eigenvalue weighted by molar-refractivity contribution is 7.10. The maximum Gasteiger partial charge on any atom is 0.262 e. The van der Waals surface area contributed by atoms with Crippen LogP contribution in [0.5, 0.6) is 5.75 Å². The highest BCUT2D eigenvalue weighted by Gasteiger charge is 2.29. The first-order valence-corrected chi connectivity index (χ1v) is 9.57. The highest BCUT2D eigenvalue weighted by atomic mass is 32.1. The summed E-state index contributed by atoms with van der Waals surface area (Å²) in [6, 6.07) is 9.00. The summed E-state index contributed by atoms with van der Waals surface area (Å²) in [5, 5.41) is 15.2. The van der Waals surface area contributed by atoms with Gasteiger partial charge in [-0.2, -0.15) is 0 Å². The minimum absolute atomic E-state index is 0.0311. The van der Waals surface area contributed by atoms with Gasteiger partial charge in [-0.15, -0.1) is 11.3 Å². The molecule has 6 nitrogen and oxygen atoms in total. The van der Waals surface area contributed by atoms with Gasteiger partial charge in [-0.3, -0.25) is 9.59 Å². The molecule has 2 aliphatic rings. The van der Waals surface area contributed by atoms with Gasteiger partial charge in [0.05, 0.1) is 11.8 Å². The number of likely N-dealkylation sites (tertiary alicyclic amines) is 1. The summed E-state index contributed by atoms with van der Waals surface area (Å²) in [7, 11) is 0. The van der Waals surface area contributed by atoms with E-state index in [9.17, 15) is 14.7 Å².